The molecule has 0 bridgehead atoms. The normalized spacial score (nSPS) is 9.88. The van der Waals surface area contributed by atoms with Crippen molar-refractivity contribution in [1.82, 2.24) is 4.90 Å². The Labute approximate surface area is 99.1 Å². The molecule has 0 atom stereocenters. The van der Waals surface area contributed by atoms with E-state index in [1.807, 2.05) is 6.07 Å². The molecule has 0 saturated heterocycles. The van der Waals surface area contributed by atoms with E-state index in [2.05, 4.69) is 56.2 Å². The van der Waals surface area contributed by atoms with Gasteiger partial charge < -0.3 is 4.90 Å². The van der Waals surface area contributed by atoms with Gasteiger partial charge in [-0.3, -0.25) is 0 Å². The summed E-state index contributed by atoms with van der Waals surface area (Å²) in [6.07, 6.45) is 0.986. The highest BCUT2D eigenvalue weighted by atomic mass is 15.1. The van der Waals surface area contributed by atoms with Crippen molar-refractivity contribution in [3.8, 4) is 0 Å². The summed E-state index contributed by atoms with van der Waals surface area (Å²) in [4.78, 5) is 2.29. The average Bonchev–Trinajstić information content (AvgIpc) is 2.28. The van der Waals surface area contributed by atoms with Crippen LogP contribution in [0.25, 0.3) is 0 Å². The first kappa shape index (κ1) is 12.6. The monoisotopic (exact) mass is 215 g/mol. The van der Waals surface area contributed by atoms with Crippen LogP contribution in [0.3, 0.4) is 0 Å². The minimum Gasteiger partial charge on any atom is -0.367 e. The maximum Gasteiger partial charge on any atom is 0.0429 e. The van der Waals surface area contributed by atoms with E-state index in [1.165, 1.54) is 16.8 Å². The van der Waals surface area contributed by atoms with Crippen LogP contribution < -0.4 is 0 Å². The van der Waals surface area contributed by atoms with E-state index in [-0.39, 0.29) is 0 Å². The maximum absolute atomic E-state index is 4.11. The summed E-state index contributed by atoms with van der Waals surface area (Å²) < 4.78 is 0. The second kappa shape index (κ2) is 6.16. The maximum atomic E-state index is 4.11. The predicted octanol–water partition coefficient (Wildman–Crippen LogP) is 3.99. The van der Waals surface area contributed by atoms with Crippen molar-refractivity contribution in [1.29, 1.82) is 0 Å². The van der Waals surface area contributed by atoms with Gasteiger partial charge >= 0.3 is 0 Å². The standard InChI is InChI=1S/C15H21N/c1-5-14(4)16(11-13(2)3)12-15-9-7-6-8-10-15/h6-10H,2,4-5,11-12H2,1,3H3. The Kier molecular flexibility index (Phi) is 4.84. The van der Waals surface area contributed by atoms with E-state index in [0.29, 0.717) is 0 Å². The minimum atomic E-state index is 0.890. The molecule has 0 aliphatic carbocycles. The van der Waals surface area contributed by atoms with Gasteiger partial charge in [-0.15, -0.1) is 0 Å². The summed E-state index contributed by atoms with van der Waals surface area (Å²) in [5.41, 5.74) is 3.66. The summed E-state index contributed by atoms with van der Waals surface area (Å²) in [7, 11) is 0. The third-order valence-electron chi connectivity index (χ3n) is 2.53. The van der Waals surface area contributed by atoms with Crippen molar-refractivity contribution >= 4 is 0 Å². The third-order valence-corrected chi connectivity index (χ3v) is 2.53. The van der Waals surface area contributed by atoms with Gasteiger partial charge in [-0.25, -0.2) is 0 Å². The summed E-state index contributed by atoms with van der Waals surface area (Å²) in [6, 6.07) is 10.5. The molecule has 0 unspecified atom stereocenters. The quantitative estimate of drug-likeness (QED) is 0.649. The fourth-order valence-electron chi connectivity index (χ4n) is 1.63. The van der Waals surface area contributed by atoms with Gasteiger partial charge in [0.05, 0.1) is 0 Å². The Balaban J connectivity index is 2.70. The molecule has 0 aliphatic heterocycles. The fourth-order valence-corrected chi connectivity index (χ4v) is 1.63. The topological polar surface area (TPSA) is 3.24 Å². The minimum absolute atomic E-state index is 0.890. The van der Waals surface area contributed by atoms with Crippen molar-refractivity contribution in [3.05, 3.63) is 60.3 Å². The van der Waals surface area contributed by atoms with Gasteiger partial charge in [0.15, 0.2) is 0 Å². The second-order valence-electron chi connectivity index (χ2n) is 4.22. The van der Waals surface area contributed by atoms with Crippen LogP contribution in [0.4, 0.5) is 0 Å². The molecule has 1 nitrogen and oxygen atoms in total. The lowest BCUT2D eigenvalue weighted by atomic mass is 10.2. The zero-order valence-electron chi connectivity index (χ0n) is 10.4. The highest BCUT2D eigenvalue weighted by Crippen LogP contribution is 2.13. The lowest BCUT2D eigenvalue weighted by Crippen LogP contribution is -2.23. The lowest BCUT2D eigenvalue weighted by Gasteiger charge is -2.26. The zero-order chi connectivity index (χ0) is 12.0. The van der Waals surface area contributed by atoms with Crippen molar-refractivity contribution in [2.45, 2.75) is 26.8 Å². The molecule has 0 aromatic heterocycles. The average molecular weight is 215 g/mol. The summed E-state index contributed by atoms with van der Waals surface area (Å²) in [5.74, 6) is 0. The van der Waals surface area contributed by atoms with Crippen LogP contribution in [0.2, 0.25) is 0 Å². The first-order valence-corrected chi connectivity index (χ1v) is 5.74. The molecule has 86 valence electrons. The van der Waals surface area contributed by atoms with Crippen LogP contribution in [-0.2, 0) is 6.54 Å². The van der Waals surface area contributed by atoms with Crippen molar-refractivity contribution in [2.75, 3.05) is 6.54 Å². The molecular formula is C15H21N. The lowest BCUT2D eigenvalue weighted by molar-refractivity contribution is 0.356. The zero-order valence-corrected chi connectivity index (χ0v) is 10.4. The molecular weight excluding hydrogens is 194 g/mol. The Morgan fingerprint density at radius 3 is 2.31 bits per heavy atom. The van der Waals surface area contributed by atoms with Gasteiger partial charge in [-0.1, -0.05) is 56.0 Å². The molecule has 0 spiro atoms. The summed E-state index contributed by atoms with van der Waals surface area (Å²) in [5, 5.41) is 0. The molecule has 0 radical (unpaired) electrons. The number of benzene rings is 1. The van der Waals surface area contributed by atoms with Crippen LogP contribution in [0.1, 0.15) is 25.8 Å². The molecule has 16 heavy (non-hydrogen) atoms. The largest absolute Gasteiger partial charge is 0.367 e. The molecule has 1 heteroatoms. The van der Waals surface area contributed by atoms with E-state index in [9.17, 15) is 0 Å². The Morgan fingerprint density at radius 1 is 1.19 bits per heavy atom. The highest BCUT2D eigenvalue weighted by molar-refractivity contribution is 5.16. The first-order chi connectivity index (χ1) is 7.63. The van der Waals surface area contributed by atoms with Crippen molar-refractivity contribution in [3.63, 3.8) is 0 Å². The number of rotatable bonds is 6. The Bertz CT molecular complexity index is 351. The van der Waals surface area contributed by atoms with Crippen molar-refractivity contribution in [2.24, 2.45) is 0 Å². The number of allylic oxidation sites excluding steroid dienone is 1. The van der Waals surface area contributed by atoms with Crippen LogP contribution in [0.15, 0.2) is 54.8 Å². The molecule has 1 aromatic rings. The van der Waals surface area contributed by atoms with Crippen LogP contribution in [-0.4, -0.2) is 11.4 Å². The predicted molar refractivity (Wildman–Crippen MR) is 71.1 cm³/mol. The van der Waals surface area contributed by atoms with E-state index in [0.717, 1.165) is 19.5 Å². The third kappa shape index (κ3) is 3.93. The molecule has 1 aromatic carbocycles. The number of hydrogen-bond donors (Lipinski definition) is 0. The summed E-state index contributed by atoms with van der Waals surface area (Å²) in [6.45, 7) is 14.1. The van der Waals surface area contributed by atoms with Gasteiger partial charge in [-0.2, -0.15) is 0 Å². The van der Waals surface area contributed by atoms with Gasteiger partial charge in [0.25, 0.3) is 0 Å². The fraction of sp³-hybridized carbons (Fsp3) is 0.333. The molecule has 0 aliphatic rings. The molecule has 0 heterocycles. The Hall–Kier alpha value is -1.50. The molecule has 0 N–H and O–H groups in total. The first-order valence-electron chi connectivity index (χ1n) is 5.74. The molecule has 1 rings (SSSR count). The van der Waals surface area contributed by atoms with E-state index in [1.54, 1.807) is 0 Å². The van der Waals surface area contributed by atoms with Crippen LogP contribution in [0.5, 0.6) is 0 Å². The van der Waals surface area contributed by atoms with Gasteiger partial charge in [-0.05, 0) is 18.9 Å². The van der Waals surface area contributed by atoms with Gasteiger partial charge in [0, 0.05) is 18.8 Å². The molecule has 0 saturated carbocycles. The number of hydrogen-bond acceptors (Lipinski definition) is 1. The highest BCUT2D eigenvalue weighted by Gasteiger charge is 2.06. The SMILES string of the molecule is C=C(C)CN(Cc1ccccc1)C(=C)CC. The van der Waals surface area contributed by atoms with Crippen LogP contribution in [0, 0.1) is 0 Å². The van der Waals surface area contributed by atoms with Gasteiger partial charge in [0.2, 0.25) is 0 Å². The van der Waals surface area contributed by atoms with Gasteiger partial charge in [0.1, 0.15) is 0 Å². The van der Waals surface area contributed by atoms with Crippen LogP contribution >= 0.6 is 0 Å². The second-order valence-corrected chi connectivity index (χ2v) is 4.22. The van der Waals surface area contributed by atoms with Crippen molar-refractivity contribution < 1.29 is 0 Å². The molecule has 0 amide bonds. The molecule has 0 fully saturated rings. The Morgan fingerprint density at radius 2 is 1.81 bits per heavy atom. The number of nitrogens with zero attached hydrogens (tertiary/aromatic N) is 1. The van der Waals surface area contributed by atoms with E-state index >= 15 is 0 Å². The smallest absolute Gasteiger partial charge is 0.0429 e. The van der Waals surface area contributed by atoms with E-state index < -0.39 is 0 Å². The van der Waals surface area contributed by atoms with E-state index in [4.69, 9.17) is 0 Å². The summed E-state index contributed by atoms with van der Waals surface area (Å²) >= 11 is 0.